The maximum absolute atomic E-state index is 6.07. The van der Waals surface area contributed by atoms with Crippen LogP contribution in [0.15, 0.2) is 22.7 Å². The molecular weight excluding hydrogens is 344 g/mol. The number of hydrogen-bond acceptors (Lipinski definition) is 4. The summed E-state index contributed by atoms with van der Waals surface area (Å²) in [6, 6.07) is 5.58. The second-order valence-corrected chi connectivity index (χ2v) is 5.69. The van der Waals surface area contributed by atoms with E-state index < -0.39 is 0 Å². The molecule has 104 valence electrons. The molecule has 20 heavy (non-hydrogen) atoms. The molecule has 0 saturated carbocycles. The molecule has 0 radical (unpaired) electrons. The summed E-state index contributed by atoms with van der Waals surface area (Å²) in [5, 5.41) is 0.451. The number of hydrogen-bond donors (Lipinski definition) is 0. The number of halogens is 2. The number of aryl methyl sites for hydroxylation is 1. The Hall–Kier alpha value is -1.33. The summed E-state index contributed by atoms with van der Waals surface area (Å²) < 4.78 is 11.6. The highest BCUT2D eigenvalue weighted by Gasteiger charge is 2.19. The van der Waals surface area contributed by atoms with E-state index >= 15 is 0 Å². The van der Waals surface area contributed by atoms with Gasteiger partial charge in [-0.3, -0.25) is 0 Å². The van der Waals surface area contributed by atoms with Gasteiger partial charge in [0.25, 0.3) is 0 Å². The molecule has 0 unspecified atom stereocenters. The van der Waals surface area contributed by atoms with Gasteiger partial charge in [-0.05, 0) is 40.5 Å². The smallest absolute Gasteiger partial charge is 0.231 e. The quantitative estimate of drug-likeness (QED) is 0.772. The monoisotopic (exact) mass is 354 g/mol. The molecule has 0 spiro atoms. The lowest BCUT2D eigenvalue weighted by atomic mass is 10.1. The van der Waals surface area contributed by atoms with Crippen molar-refractivity contribution in [3.8, 4) is 22.9 Å². The highest BCUT2D eigenvalue weighted by Crippen LogP contribution is 2.42. The lowest BCUT2D eigenvalue weighted by molar-refractivity contribution is 0.173. The van der Waals surface area contributed by atoms with Crippen LogP contribution < -0.4 is 9.47 Å². The molecule has 0 amide bonds. The molecule has 1 aromatic heterocycles. The summed E-state index contributed by atoms with van der Waals surface area (Å²) in [7, 11) is 0. The Bertz CT molecular complexity index is 664. The number of benzene rings is 1. The lowest BCUT2D eigenvalue weighted by Crippen LogP contribution is -1.96. The van der Waals surface area contributed by atoms with E-state index in [0.717, 1.165) is 28.6 Å². The van der Waals surface area contributed by atoms with E-state index in [1.807, 2.05) is 12.1 Å². The topological polar surface area (TPSA) is 44.2 Å². The Morgan fingerprint density at radius 2 is 2.10 bits per heavy atom. The Kier molecular flexibility index (Phi) is 3.81. The molecule has 0 aliphatic carbocycles. The maximum Gasteiger partial charge on any atom is 0.231 e. The fourth-order valence-corrected chi connectivity index (χ4v) is 2.84. The summed E-state index contributed by atoms with van der Waals surface area (Å²) in [5.74, 6) is 2.00. The third kappa shape index (κ3) is 2.60. The number of rotatable bonds is 3. The van der Waals surface area contributed by atoms with Crippen LogP contribution in [0.1, 0.15) is 19.0 Å². The van der Waals surface area contributed by atoms with Crippen LogP contribution in [0.25, 0.3) is 11.4 Å². The van der Waals surface area contributed by atoms with Crippen molar-refractivity contribution in [3.05, 3.63) is 33.5 Å². The van der Waals surface area contributed by atoms with Crippen molar-refractivity contribution in [3.63, 3.8) is 0 Å². The molecule has 0 atom stereocenters. The summed E-state index contributed by atoms with van der Waals surface area (Å²) in [6.07, 6.45) is 1.89. The average Bonchev–Trinajstić information content (AvgIpc) is 2.87. The van der Waals surface area contributed by atoms with Crippen molar-refractivity contribution in [1.29, 1.82) is 0 Å². The van der Waals surface area contributed by atoms with Gasteiger partial charge in [0.05, 0.1) is 4.47 Å². The van der Waals surface area contributed by atoms with Crippen LogP contribution in [-0.2, 0) is 6.42 Å². The summed E-state index contributed by atoms with van der Waals surface area (Å²) in [5.41, 5.74) is 1.79. The zero-order valence-corrected chi connectivity index (χ0v) is 13.2. The molecule has 3 rings (SSSR count). The van der Waals surface area contributed by atoms with E-state index in [1.165, 1.54) is 0 Å². The second kappa shape index (κ2) is 5.58. The van der Waals surface area contributed by atoms with Crippen LogP contribution in [0.4, 0.5) is 0 Å². The van der Waals surface area contributed by atoms with Gasteiger partial charge in [-0.2, -0.15) is 0 Å². The molecule has 1 aromatic carbocycles. The molecule has 1 aliphatic rings. The third-order valence-corrected chi connectivity index (χ3v) is 3.72. The standard InChI is InChI=1S/C14H12BrClN2O2/c1-2-3-9-6-12(16)18-14(17-9)8-4-10(15)13-11(5-8)19-7-20-13/h4-6H,2-3,7H2,1H3. The molecule has 0 bridgehead atoms. The van der Waals surface area contributed by atoms with Crippen LogP contribution >= 0.6 is 27.5 Å². The number of nitrogens with zero attached hydrogens (tertiary/aromatic N) is 2. The van der Waals surface area contributed by atoms with Crippen LogP contribution in [0.2, 0.25) is 5.15 Å². The minimum Gasteiger partial charge on any atom is -0.454 e. The van der Waals surface area contributed by atoms with E-state index in [4.69, 9.17) is 21.1 Å². The molecule has 0 N–H and O–H groups in total. The Balaban J connectivity index is 2.07. The van der Waals surface area contributed by atoms with E-state index in [-0.39, 0.29) is 6.79 Å². The SMILES string of the molecule is CCCc1cc(Cl)nc(-c2cc(Br)c3c(c2)OCO3)n1. The van der Waals surface area contributed by atoms with Crippen molar-refractivity contribution < 1.29 is 9.47 Å². The first-order valence-electron chi connectivity index (χ1n) is 6.30. The van der Waals surface area contributed by atoms with Crippen LogP contribution in [0.3, 0.4) is 0 Å². The minimum absolute atomic E-state index is 0.231. The molecular formula is C14H12BrClN2O2. The van der Waals surface area contributed by atoms with Crippen molar-refractivity contribution in [2.45, 2.75) is 19.8 Å². The van der Waals surface area contributed by atoms with Crippen LogP contribution in [0.5, 0.6) is 11.5 Å². The highest BCUT2D eigenvalue weighted by molar-refractivity contribution is 9.10. The van der Waals surface area contributed by atoms with Crippen LogP contribution in [0, 0.1) is 0 Å². The molecule has 0 fully saturated rings. The van der Waals surface area contributed by atoms with Gasteiger partial charge in [0.1, 0.15) is 5.15 Å². The van der Waals surface area contributed by atoms with E-state index in [0.29, 0.717) is 22.5 Å². The number of fused-ring (bicyclic) bond motifs is 1. The van der Waals surface area contributed by atoms with Crippen molar-refractivity contribution in [2.75, 3.05) is 6.79 Å². The first kappa shape index (κ1) is 13.6. The van der Waals surface area contributed by atoms with Gasteiger partial charge < -0.3 is 9.47 Å². The summed E-state index contributed by atoms with van der Waals surface area (Å²) in [6.45, 7) is 2.34. The van der Waals surface area contributed by atoms with Crippen molar-refractivity contribution in [1.82, 2.24) is 9.97 Å². The van der Waals surface area contributed by atoms with Gasteiger partial charge in [0.15, 0.2) is 17.3 Å². The predicted octanol–water partition coefficient (Wildman–Crippen LogP) is 4.24. The first-order chi connectivity index (χ1) is 9.67. The average molecular weight is 356 g/mol. The van der Waals surface area contributed by atoms with Gasteiger partial charge in [0.2, 0.25) is 6.79 Å². The number of ether oxygens (including phenoxy) is 2. The molecule has 1 aliphatic heterocycles. The molecule has 2 aromatic rings. The molecule has 6 heteroatoms. The molecule has 4 nitrogen and oxygen atoms in total. The first-order valence-corrected chi connectivity index (χ1v) is 7.47. The zero-order valence-electron chi connectivity index (χ0n) is 10.8. The molecule has 0 saturated heterocycles. The largest absolute Gasteiger partial charge is 0.454 e. The normalized spacial score (nSPS) is 12.8. The van der Waals surface area contributed by atoms with Gasteiger partial charge in [-0.1, -0.05) is 24.9 Å². The highest BCUT2D eigenvalue weighted by atomic mass is 79.9. The fourth-order valence-electron chi connectivity index (χ4n) is 2.07. The summed E-state index contributed by atoms with van der Waals surface area (Å²) >= 11 is 9.54. The second-order valence-electron chi connectivity index (χ2n) is 4.45. The van der Waals surface area contributed by atoms with Crippen molar-refractivity contribution in [2.24, 2.45) is 0 Å². The van der Waals surface area contributed by atoms with Gasteiger partial charge >= 0.3 is 0 Å². The van der Waals surface area contributed by atoms with E-state index in [1.54, 1.807) is 6.07 Å². The van der Waals surface area contributed by atoms with E-state index in [9.17, 15) is 0 Å². The lowest BCUT2D eigenvalue weighted by Gasteiger charge is -2.07. The summed E-state index contributed by atoms with van der Waals surface area (Å²) in [4.78, 5) is 8.84. The maximum atomic E-state index is 6.07. The Morgan fingerprint density at radius 3 is 2.90 bits per heavy atom. The Morgan fingerprint density at radius 1 is 1.25 bits per heavy atom. The predicted molar refractivity (Wildman–Crippen MR) is 80.3 cm³/mol. The van der Waals surface area contributed by atoms with Gasteiger partial charge in [-0.25, -0.2) is 9.97 Å². The Labute approximate surface area is 130 Å². The number of aromatic nitrogens is 2. The van der Waals surface area contributed by atoms with Crippen LogP contribution in [-0.4, -0.2) is 16.8 Å². The van der Waals surface area contributed by atoms with Gasteiger partial charge in [-0.15, -0.1) is 0 Å². The van der Waals surface area contributed by atoms with E-state index in [2.05, 4.69) is 32.8 Å². The van der Waals surface area contributed by atoms with Crippen molar-refractivity contribution >= 4 is 27.5 Å². The third-order valence-electron chi connectivity index (χ3n) is 2.94. The zero-order chi connectivity index (χ0) is 14.1. The minimum atomic E-state index is 0.231. The molecule has 2 heterocycles. The fraction of sp³-hybridized carbons (Fsp3) is 0.286. The van der Waals surface area contributed by atoms with Gasteiger partial charge in [0, 0.05) is 11.3 Å².